The maximum atomic E-state index is 13.5. The molecule has 0 atom stereocenters. The van der Waals surface area contributed by atoms with Crippen LogP contribution in [-0.2, 0) is 4.79 Å². The Kier molecular flexibility index (Phi) is 5.04. The summed E-state index contributed by atoms with van der Waals surface area (Å²) < 4.78 is 13.5. The number of anilines is 1. The van der Waals surface area contributed by atoms with Crippen LogP contribution in [0.1, 0.15) is 27.1 Å². The van der Waals surface area contributed by atoms with Crippen molar-refractivity contribution in [2.45, 2.75) is 6.42 Å². The van der Waals surface area contributed by atoms with Gasteiger partial charge in [0.2, 0.25) is 5.91 Å². The Labute approximate surface area is 154 Å². The highest BCUT2D eigenvalue weighted by molar-refractivity contribution is 7.80. The number of amides is 3. The van der Waals surface area contributed by atoms with E-state index in [1.54, 1.807) is 30.3 Å². The van der Waals surface area contributed by atoms with Gasteiger partial charge in [0.15, 0.2) is 5.11 Å². The van der Waals surface area contributed by atoms with Gasteiger partial charge < -0.3 is 10.6 Å². The van der Waals surface area contributed by atoms with Gasteiger partial charge in [0.25, 0.3) is 11.8 Å². The Morgan fingerprint density at radius 3 is 2.19 bits per heavy atom. The standard InChI is InChI=1S/C18H14FN3O3S/c19-13-7-3-4-8-14(13)20-18(26)21-15(23)9-10-22-16(24)11-5-1-2-6-12(11)17(22)25/h1-8H,9-10H2,(H2,20,21,23,26). The van der Waals surface area contributed by atoms with E-state index in [4.69, 9.17) is 12.2 Å². The molecule has 0 saturated heterocycles. The first kappa shape index (κ1) is 17.7. The van der Waals surface area contributed by atoms with Crippen molar-refractivity contribution in [3.63, 3.8) is 0 Å². The van der Waals surface area contributed by atoms with E-state index in [0.29, 0.717) is 11.1 Å². The molecule has 0 aliphatic carbocycles. The van der Waals surface area contributed by atoms with Gasteiger partial charge in [-0.1, -0.05) is 24.3 Å². The first-order valence-electron chi connectivity index (χ1n) is 7.78. The van der Waals surface area contributed by atoms with Crippen LogP contribution in [0.15, 0.2) is 48.5 Å². The number of imide groups is 1. The van der Waals surface area contributed by atoms with E-state index >= 15 is 0 Å². The Hall–Kier alpha value is -3.13. The van der Waals surface area contributed by atoms with Crippen molar-refractivity contribution in [1.29, 1.82) is 0 Å². The fraction of sp³-hybridized carbons (Fsp3) is 0.111. The smallest absolute Gasteiger partial charge is 0.261 e. The summed E-state index contributed by atoms with van der Waals surface area (Å²) in [6.07, 6.45) is -0.120. The van der Waals surface area contributed by atoms with E-state index in [-0.39, 0.29) is 23.8 Å². The Bertz CT molecular complexity index is 881. The molecule has 0 radical (unpaired) electrons. The molecule has 26 heavy (non-hydrogen) atoms. The number of nitrogens with one attached hydrogen (secondary N) is 2. The van der Waals surface area contributed by atoms with E-state index in [0.717, 1.165) is 4.90 Å². The van der Waals surface area contributed by atoms with Crippen molar-refractivity contribution in [1.82, 2.24) is 10.2 Å². The maximum absolute atomic E-state index is 13.5. The molecule has 132 valence electrons. The van der Waals surface area contributed by atoms with E-state index in [9.17, 15) is 18.8 Å². The van der Waals surface area contributed by atoms with Crippen LogP contribution >= 0.6 is 12.2 Å². The minimum Gasteiger partial charge on any atom is -0.330 e. The quantitative estimate of drug-likeness (QED) is 0.637. The van der Waals surface area contributed by atoms with Gasteiger partial charge in [-0.15, -0.1) is 0 Å². The van der Waals surface area contributed by atoms with Crippen LogP contribution in [0, 0.1) is 5.82 Å². The van der Waals surface area contributed by atoms with Gasteiger partial charge in [0.05, 0.1) is 16.8 Å². The summed E-state index contributed by atoms with van der Waals surface area (Å²) in [5.74, 6) is -1.85. The number of benzene rings is 2. The summed E-state index contributed by atoms with van der Waals surface area (Å²) in [5.41, 5.74) is 0.794. The summed E-state index contributed by atoms with van der Waals surface area (Å²) in [6.45, 7) is -0.0690. The third-order valence-electron chi connectivity index (χ3n) is 3.82. The highest BCUT2D eigenvalue weighted by atomic mass is 32.1. The molecule has 2 aromatic carbocycles. The Morgan fingerprint density at radius 2 is 1.58 bits per heavy atom. The number of fused-ring (bicyclic) bond motifs is 1. The molecule has 3 amide bonds. The van der Waals surface area contributed by atoms with Gasteiger partial charge in [0, 0.05) is 13.0 Å². The lowest BCUT2D eigenvalue weighted by Gasteiger charge is -2.14. The van der Waals surface area contributed by atoms with Crippen molar-refractivity contribution < 1.29 is 18.8 Å². The number of hydrogen-bond donors (Lipinski definition) is 2. The SMILES string of the molecule is O=C(CCN1C(=O)c2ccccc2C1=O)NC(=S)Nc1ccccc1F. The van der Waals surface area contributed by atoms with Gasteiger partial charge in [0.1, 0.15) is 5.82 Å². The van der Waals surface area contributed by atoms with Crippen LogP contribution in [-0.4, -0.2) is 34.3 Å². The predicted octanol–water partition coefficient (Wildman–Crippen LogP) is 2.33. The first-order chi connectivity index (χ1) is 12.5. The number of carbonyl (C=O) groups is 3. The molecule has 1 aliphatic rings. The lowest BCUT2D eigenvalue weighted by Crippen LogP contribution is -2.38. The van der Waals surface area contributed by atoms with Crippen LogP contribution in [0.2, 0.25) is 0 Å². The van der Waals surface area contributed by atoms with Crippen LogP contribution in [0.25, 0.3) is 0 Å². The molecule has 1 heterocycles. The van der Waals surface area contributed by atoms with E-state index < -0.39 is 23.5 Å². The van der Waals surface area contributed by atoms with Crippen molar-refractivity contribution in [2.24, 2.45) is 0 Å². The van der Waals surface area contributed by atoms with Gasteiger partial charge >= 0.3 is 0 Å². The molecule has 0 fully saturated rings. The second-order valence-electron chi connectivity index (χ2n) is 5.54. The van der Waals surface area contributed by atoms with E-state index in [1.807, 2.05) is 0 Å². The molecular formula is C18H14FN3O3S. The summed E-state index contributed by atoms with van der Waals surface area (Å²) >= 11 is 4.97. The molecule has 3 rings (SSSR count). The average Bonchev–Trinajstić information content (AvgIpc) is 2.86. The second kappa shape index (κ2) is 7.40. The summed E-state index contributed by atoms with van der Waals surface area (Å²) in [7, 11) is 0. The molecule has 8 heteroatoms. The summed E-state index contributed by atoms with van der Waals surface area (Å²) in [6, 6.07) is 12.4. The number of para-hydroxylation sites is 1. The molecule has 0 aromatic heterocycles. The molecule has 0 saturated carbocycles. The zero-order valence-electron chi connectivity index (χ0n) is 13.5. The van der Waals surface area contributed by atoms with Crippen molar-refractivity contribution in [3.8, 4) is 0 Å². The van der Waals surface area contributed by atoms with Gasteiger partial charge in [-0.05, 0) is 36.5 Å². The molecule has 1 aliphatic heterocycles. The number of carbonyl (C=O) groups excluding carboxylic acids is 3. The third kappa shape index (κ3) is 3.60. The monoisotopic (exact) mass is 371 g/mol. The molecule has 2 aromatic rings. The summed E-state index contributed by atoms with van der Waals surface area (Å²) in [4.78, 5) is 37.4. The number of halogens is 1. The molecule has 0 spiro atoms. The van der Waals surface area contributed by atoms with Gasteiger partial charge in [-0.3, -0.25) is 19.3 Å². The molecule has 6 nitrogen and oxygen atoms in total. The van der Waals surface area contributed by atoms with E-state index in [2.05, 4.69) is 10.6 Å². The maximum Gasteiger partial charge on any atom is 0.261 e. The molecule has 2 N–H and O–H groups in total. The predicted molar refractivity (Wildman–Crippen MR) is 97.2 cm³/mol. The minimum absolute atomic E-state index is 0.0672. The topological polar surface area (TPSA) is 78.5 Å². The number of rotatable bonds is 4. The number of thiocarbonyl (C=S) groups is 1. The van der Waals surface area contributed by atoms with Crippen LogP contribution in [0.4, 0.5) is 10.1 Å². The molecule has 0 bridgehead atoms. The summed E-state index contributed by atoms with van der Waals surface area (Å²) in [5, 5.41) is 4.91. The molecular weight excluding hydrogens is 357 g/mol. The zero-order chi connectivity index (χ0) is 18.7. The zero-order valence-corrected chi connectivity index (χ0v) is 14.3. The first-order valence-corrected chi connectivity index (χ1v) is 8.19. The number of hydrogen-bond acceptors (Lipinski definition) is 4. The van der Waals surface area contributed by atoms with Crippen LogP contribution < -0.4 is 10.6 Å². The normalized spacial score (nSPS) is 12.7. The van der Waals surface area contributed by atoms with Crippen molar-refractivity contribution >= 4 is 40.7 Å². The minimum atomic E-state index is -0.505. The lowest BCUT2D eigenvalue weighted by molar-refractivity contribution is -0.119. The largest absolute Gasteiger partial charge is 0.330 e. The Morgan fingerprint density at radius 1 is 1.00 bits per heavy atom. The highest BCUT2D eigenvalue weighted by Gasteiger charge is 2.34. The van der Waals surface area contributed by atoms with Gasteiger partial charge in [-0.2, -0.15) is 0 Å². The van der Waals surface area contributed by atoms with Crippen LogP contribution in [0.5, 0.6) is 0 Å². The lowest BCUT2D eigenvalue weighted by atomic mass is 10.1. The van der Waals surface area contributed by atoms with Crippen molar-refractivity contribution in [2.75, 3.05) is 11.9 Å². The highest BCUT2D eigenvalue weighted by Crippen LogP contribution is 2.22. The third-order valence-corrected chi connectivity index (χ3v) is 4.02. The second-order valence-corrected chi connectivity index (χ2v) is 5.95. The average molecular weight is 371 g/mol. The Balaban J connectivity index is 1.53. The number of nitrogens with zero attached hydrogens (tertiary/aromatic N) is 1. The van der Waals surface area contributed by atoms with Crippen LogP contribution in [0.3, 0.4) is 0 Å². The fourth-order valence-electron chi connectivity index (χ4n) is 2.56. The van der Waals surface area contributed by atoms with Gasteiger partial charge in [-0.25, -0.2) is 4.39 Å². The van der Waals surface area contributed by atoms with Crippen molar-refractivity contribution in [3.05, 3.63) is 65.5 Å². The molecule has 0 unspecified atom stereocenters. The van der Waals surface area contributed by atoms with E-state index in [1.165, 1.54) is 18.2 Å². The fourth-order valence-corrected chi connectivity index (χ4v) is 2.78.